The van der Waals surface area contributed by atoms with E-state index in [2.05, 4.69) is 5.32 Å². The van der Waals surface area contributed by atoms with Crippen LogP contribution in [0.4, 0.5) is 5.69 Å². The van der Waals surface area contributed by atoms with E-state index in [-0.39, 0.29) is 4.90 Å². The zero-order chi connectivity index (χ0) is 21.7. The fourth-order valence-corrected chi connectivity index (χ4v) is 3.99. The molecule has 0 spiro atoms. The molecule has 9 heteroatoms. The van der Waals surface area contributed by atoms with Crippen LogP contribution in [0.1, 0.15) is 0 Å². The highest BCUT2D eigenvalue weighted by Gasteiger charge is 2.23. The first-order valence-electron chi connectivity index (χ1n) is 8.80. The number of nitrogens with zero attached hydrogens (tertiary/aromatic N) is 1. The average molecular weight is 465 g/mol. The Morgan fingerprint density at radius 2 is 1.60 bits per heavy atom. The van der Waals surface area contributed by atoms with E-state index in [0.29, 0.717) is 27.2 Å². The lowest BCUT2D eigenvalue weighted by molar-refractivity contribution is -0.116. The van der Waals surface area contributed by atoms with Crippen LogP contribution in [0.15, 0.2) is 77.7 Å². The summed E-state index contributed by atoms with van der Waals surface area (Å²) in [5.74, 6) is 0.412. The summed E-state index contributed by atoms with van der Waals surface area (Å²) < 4.78 is 32.1. The van der Waals surface area contributed by atoms with E-state index >= 15 is 0 Å². The van der Waals surface area contributed by atoms with Crippen LogP contribution in [-0.2, 0) is 14.8 Å². The van der Waals surface area contributed by atoms with Crippen LogP contribution in [0.5, 0.6) is 11.5 Å². The van der Waals surface area contributed by atoms with Gasteiger partial charge in [0.2, 0.25) is 15.9 Å². The number of carbonyl (C=O) groups excluding carboxylic acids is 1. The summed E-state index contributed by atoms with van der Waals surface area (Å²) in [7, 11) is -2.53. The van der Waals surface area contributed by atoms with Crippen LogP contribution >= 0.6 is 23.2 Å². The molecule has 1 N–H and O–H groups in total. The van der Waals surface area contributed by atoms with Crippen molar-refractivity contribution < 1.29 is 17.9 Å². The maximum Gasteiger partial charge on any atom is 0.243 e. The van der Waals surface area contributed by atoms with Gasteiger partial charge in [0.15, 0.2) is 5.75 Å². The lowest BCUT2D eigenvalue weighted by atomic mass is 10.2. The number of halogens is 2. The molecule has 156 valence electrons. The molecule has 0 saturated heterocycles. The van der Waals surface area contributed by atoms with Crippen molar-refractivity contribution in [2.24, 2.45) is 0 Å². The van der Waals surface area contributed by atoms with Crippen LogP contribution in [0, 0.1) is 0 Å². The minimum atomic E-state index is -3.85. The second-order valence-corrected chi connectivity index (χ2v) is 9.24. The van der Waals surface area contributed by atoms with Crippen LogP contribution in [0.3, 0.4) is 0 Å². The van der Waals surface area contributed by atoms with Crippen molar-refractivity contribution in [2.45, 2.75) is 4.90 Å². The monoisotopic (exact) mass is 464 g/mol. The van der Waals surface area contributed by atoms with Gasteiger partial charge in [0.25, 0.3) is 0 Å². The number of likely N-dealkylation sites (N-methyl/N-ethyl adjacent to an activating group) is 1. The molecule has 3 aromatic carbocycles. The van der Waals surface area contributed by atoms with Gasteiger partial charge in [-0.1, -0.05) is 41.4 Å². The fourth-order valence-electron chi connectivity index (χ4n) is 2.57. The summed E-state index contributed by atoms with van der Waals surface area (Å²) in [5.41, 5.74) is 0.327. The van der Waals surface area contributed by atoms with E-state index in [9.17, 15) is 13.2 Å². The molecule has 0 aliphatic heterocycles. The minimum Gasteiger partial charge on any atom is -0.455 e. The fraction of sp³-hybridized carbons (Fsp3) is 0.0952. The maximum absolute atomic E-state index is 12.7. The molecule has 0 fully saturated rings. The van der Waals surface area contributed by atoms with Crippen LogP contribution in [0.25, 0.3) is 0 Å². The molecule has 30 heavy (non-hydrogen) atoms. The quantitative estimate of drug-likeness (QED) is 0.530. The summed E-state index contributed by atoms with van der Waals surface area (Å²) in [4.78, 5) is 12.6. The molecule has 0 bridgehead atoms. The Morgan fingerprint density at radius 3 is 2.27 bits per heavy atom. The van der Waals surface area contributed by atoms with E-state index in [4.69, 9.17) is 27.9 Å². The Kier molecular flexibility index (Phi) is 6.99. The molecule has 0 aliphatic rings. The highest BCUT2D eigenvalue weighted by atomic mass is 35.5. The second kappa shape index (κ2) is 9.49. The Hall–Kier alpha value is -2.58. The van der Waals surface area contributed by atoms with Gasteiger partial charge in [-0.2, -0.15) is 4.31 Å². The zero-order valence-corrected chi connectivity index (χ0v) is 18.2. The van der Waals surface area contributed by atoms with Gasteiger partial charge in [0.1, 0.15) is 5.75 Å². The minimum absolute atomic E-state index is 0.0399. The van der Waals surface area contributed by atoms with Crippen molar-refractivity contribution in [3.63, 3.8) is 0 Å². The zero-order valence-electron chi connectivity index (χ0n) is 15.9. The standard InChI is InChI=1S/C21H18Cl2N2O4S/c1-25(30(27,28)18-10-7-15(22)8-11-18)14-21(26)24-19-13-16(23)9-12-20(19)29-17-5-3-2-4-6-17/h2-13H,14H2,1H3,(H,24,26). The number of anilines is 1. The summed E-state index contributed by atoms with van der Waals surface area (Å²) in [6.07, 6.45) is 0. The van der Waals surface area contributed by atoms with E-state index < -0.39 is 22.5 Å². The number of amides is 1. The highest BCUT2D eigenvalue weighted by molar-refractivity contribution is 7.89. The Morgan fingerprint density at radius 1 is 0.967 bits per heavy atom. The van der Waals surface area contributed by atoms with E-state index in [1.807, 2.05) is 18.2 Å². The van der Waals surface area contributed by atoms with E-state index in [1.54, 1.807) is 24.3 Å². The largest absolute Gasteiger partial charge is 0.455 e. The molecule has 3 aromatic rings. The summed E-state index contributed by atoms with van der Waals surface area (Å²) in [6.45, 7) is -0.401. The molecule has 0 aromatic heterocycles. The van der Waals surface area contributed by atoms with Crippen LogP contribution < -0.4 is 10.1 Å². The second-order valence-electron chi connectivity index (χ2n) is 6.32. The molecular weight excluding hydrogens is 447 g/mol. The molecule has 3 rings (SSSR count). The molecule has 0 radical (unpaired) electrons. The third-order valence-corrected chi connectivity index (χ3v) is 6.38. The molecule has 1 amide bonds. The first-order valence-corrected chi connectivity index (χ1v) is 11.0. The molecule has 0 saturated carbocycles. The number of benzene rings is 3. The highest BCUT2D eigenvalue weighted by Crippen LogP contribution is 2.32. The van der Waals surface area contributed by atoms with Gasteiger partial charge < -0.3 is 10.1 Å². The van der Waals surface area contributed by atoms with E-state index in [0.717, 1.165) is 4.31 Å². The Bertz CT molecular complexity index is 1140. The van der Waals surface area contributed by atoms with Crippen molar-refractivity contribution in [3.05, 3.63) is 82.8 Å². The Balaban J connectivity index is 1.74. The van der Waals surface area contributed by atoms with Gasteiger partial charge in [0.05, 0.1) is 17.1 Å². The van der Waals surface area contributed by atoms with Gasteiger partial charge in [-0.25, -0.2) is 8.42 Å². The Labute approximate surface area is 185 Å². The normalized spacial score (nSPS) is 11.3. The third kappa shape index (κ3) is 5.52. The number of hydrogen-bond donors (Lipinski definition) is 1. The van der Waals surface area contributed by atoms with Crippen molar-refractivity contribution in [1.82, 2.24) is 4.31 Å². The van der Waals surface area contributed by atoms with Crippen LogP contribution in [-0.4, -0.2) is 32.2 Å². The van der Waals surface area contributed by atoms with Crippen molar-refractivity contribution in [3.8, 4) is 11.5 Å². The predicted octanol–water partition coefficient (Wildman–Crippen LogP) is 5.04. The number of ether oxygens (including phenoxy) is 1. The van der Waals surface area contributed by atoms with Gasteiger partial charge >= 0.3 is 0 Å². The summed E-state index contributed by atoms with van der Waals surface area (Å²) >= 11 is 11.9. The molecule has 0 heterocycles. The lowest BCUT2D eigenvalue weighted by Crippen LogP contribution is -2.35. The summed E-state index contributed by atoms with van der Waals surface area (Å²) in [6, 6.07) is 19.5. The first-order chi connectivity index (χ1) is 14.3. The van der Waals surface area contributed by atoms with Crippen molar-refractivity contribution in [1.29, 1.82) is 0 Å². The van der Waals surface area contributed by atoms with Gasteiger partial charge in [-0.05, 0) is 54.6 Å². The SMILES string of the molecule is CN(CC(=O)Nc1cc(Cl)ccc1Oc1ccccc1)S(=O)(=O)c1ccc(Cl)cc1. The van der Waals surface area contributed by atoms with E-state index in [1.165, 1.54) is 37.4 Å². The number of para-hydroxylation sites is 1. The number of hydrogen-bond acceptors (Lipinski definition) is 4. The van der Waals surface area contributed by atoms with Gasteiger partial charge in [-0.15, -0.1) is 0 Å². The smallest absolute Gasteiger partial charge is 0.243 e. The number of rotatable bonds is 7. The molecule has 6 nitrogen and oxygen atoms in total. The van der Waals surface area contributed by atoms with Gasteiger partial charge in [0, 0.05) is 17.1 Å². The predicted molar refractivity (Wildman–Crippen MR) is 118 cm³/mol. The lowest BCUT2D eigenvalue weighted by Gasteiger charge is -2.18. The van der Waals surface area contributed by atoms with Crippen molar-refractivity contribution >= 4 is 44.8 Å². The molecular formula is C21H18Cl2N2O4S. The molecule has 0 atom stereocenters. The first kappa shape index (κ1) is 22.1. The number of sulfonamides is 1. The molecule has 0 aliphatic carbocycles. The van der Waals surface area contributed by atoms with Crippen molar-refractivity contribution in [2.75, 3.05) is 18.9 Å². The van der Waals surface area contributed by atoms with Crippen LogP contribution in [0.2, 0.25) is 10.0 Å². The summed E-state index contributed by atoms with van der Waals surface area (Å²) in [5, 5.41) is 3.47. The molecule has 0 unspecified atom stereocenters. The third-order valence-electron chi connectivity index (χ3n) is 4.07. The van der Waals surface area contributed by atoms with Gasteiger partial charge in [-0.3, -0.25) is 4.79 Å². The number of nitrogens with one attached hydrogen (secondary N) is 1. The topological polar surface area (TPSA) is 75.7 Å². The number of carbonyl (C=O) groups is 1. The maximum atomic E-state index is 12.7. The average Bonchev–Trinajstić information content (AvgIpc) is 2.71.